The molecular formula is C17H17N3O4. The Labute approximate surface area is 138 Å². The number of rotatable bonds is 4. The smallest absolute Gasteiger partial charge is 0.333 e. The zero-order valence-electron chi connectivity index (χ0n) is 13.1. The number of hydroxylamine groups is 2. The topological polar surface area (TPSA) is 71.8 Å². The van der Waals surface area contributed by atoms with E-state index < -0.39 is 17.8 Å². The van der Waals surface area contributed by atoms with Gasteiger partial charge in [-0.1, -0.05) is 6.08 Å². The van der Waals surface area contributed by atoms with Crippen molar-refractivity contribution < 1.29 is 19.2 Å². The fraction of sp³-hybridized carbons (Fsp3) is 0.353. The van der Waals surface area contributed by atoms with Crippen molar-refractivity contribution in [3.63, 3.8) is 0 Å². The summed E-state index contributed by atoms with van der Waals surface area (Å²) in [6.45, 7) is 0.740. The molecule has 0 spiro atoms. The number of hydrogen-bond acceptors (Lipinski definition) is 5. The van der Waals surface area contributed by atoms with Crippen molar-refractivity contribution in [1.82, 2.24) is 14.5 Å². The summed E-state index contributed by atoms with van der Waals surface area (Å²) in [7, 11) is 0. The van der Waals surface area contributed by atoms with Crippen molar-refractivity contribution in [1.29, 1.82) is 0 Å². The van der Waals surface area contributed by atoms with Crippen molar-refractivity contribution in [2.75, 3.05) is 0 Å². The summed E-state index contributed by atoms with van der Waals surface area (Å²) in [5, 5.41) is 0.602. The van der Waals surface area contributed by atoms with E-state index in [1.807, 2.05) is 12.3 Å². The van der Waals surface area contributed by atoms with Gasteiger partial charge in [-0.2, -0.15) is 0 Å². The molecular weight excluding hydrogens is 310 g/mol. The Morgan fingerprint density at radius 1 is 1.25 bits per heavy atom. The third-order valence-corrected chi connectivity index (χ3v) is 4.53. The van der Waals surface area contributed by atoms with Gasteiger partial charge in [0.15, 0.2) is 0 Å². The molecule has 1 atom stereocenters. The molecule has 4 heterocycles. The number of carbonyl (C=O) groups is 3. The molecule has 1 unspecified atom stereocenters. The van der Waals surface area contributed by atoms with E-state index in [2.05, 4.69) is 33.8 Å². The minimum absolute atomic E-state index is 0.101. The van der Waals surface area contributed by atoms with E-state index in [0.717, 1.165) is 18.1 Å². The molecule has 7 heteroatoms. The highest BCUT2D eigenvalue weighted by Gasteiger charge is 2.33. The first-order chi connectivity index (χ1) is 11.6. The lowest BCUT2D eigenvalue weighted by Gasteiger charge is -2.32. The van der Waals surface area contributed by atoms with Gasteiger partial charge < -0.3 is 14.3 Å². The lowest BCUT2D eigenvalue weighted by Crippen LogP contribution is -2.35. The van der Waals surface area contributed by atoms with E-state index in [0.29, 0.717) is 11.5 Å². The molecule has 0 N–H and O–H groups in total. The Balaban J connectivity index is 1.34. The number of aromatic nitrogens is 1. The van der Waals surface area contributed by atoms with E-state index in [1.165, 1.54) is 0 Å². The van der Waals surface area contributed by atoms with Crippen LogP contribution in [0.25, 0.3) is 6.08 Å². The van der Waals surface area contributed by atoms with Crippen molar-refractivity contribution >= 4 is 23.9 Å². The molecule has 1 saturated heterocycles. The predicted molar refractivity (Wildman–Crippen MR) is 83.6 cm³/mol. The van der Waals surface area contributed by atoms with Gasteiger partial charge in [0.25, 0.3) is 11.8 Å². The van der Waals surface area contributed by atoms with Crippen LogP contribution >= 0.6 is 0 Å². The summed E-state index contributed by atoms with van der Waals surface area (Å²) < 4.78 is 2.14. The lowest BCUT2D eigenvalue weighted by molar-refractivity contribution is -0.197. The lowest BCUT2D eigenvalue weighted by atomic mass is 10.1. The van der Waals surface area contributed by atoms with Crippen molar-refractivity contribution in [2.24, 2.45) is 0 Å². The van der Waals surface area contributed by atoms with Crippen LogP contribution in [-0.4, -0.2) is 38.4 Å². The van der Waals surface area contributed by atoms with Gasteiger partial charge in [0.05, 0.1) is 13.1 Å². The molecule has 0 saturated carbocycles. The summed E-state index contributed by atoms with van der Waals surface area (Å²) in [5.41, 5.74) is 2.29. The van der Waals surface area contributed by atoms with Crippen LogP contribution < -0.4 is 0 Å². The first-order valence-electron chi connectivity index (χ1n) is 8.00. The molecule has 124 valence electrons. The molecule has 2 amide bonds. The number of hydrogen-bond donors (Lipinski definition) is 0. The second-order valence-corrected chi connectivity index (χ2v) is 6.09. The van der Waals surface area contributed by atoms with Crippen molar-refractivity contribution in [3.8, 4) is 0 Å². The van der Waals surface area contributed by atoms with Crippen LogP contribution in [0.5, 0.6) is 0 Å². The maximum Gasteiger partial charge on any atom is 0.333 e. The highest BCUT2D eigenvalue weighted by Crippen LogP contribution is 2.30. The molecule has 0 aromatic carbocycles. The number of fused-ring (bicyclic) bond motifs is 2. The van der Waals surface area contributed by atoms with Crippen LogP contribution in [0.1, 0.15) is 31.4 Å². The van der Waals surface area contributed by atoms with E-state index >= 15 is 0 Å². The summed E-state index contributed by atoms with van der Waals surface area (Å²) >= 11 is 0. The average Bonchev–Trinajstić information content (AvgIpc) is 3.26. The fourth-order valence-electron chi connectivity index (χ4n) is 3.24. The highest BCUT2D eigenvalue weighted by atomic mass is 16.7. The van der Waals surface area contributed by atoms with Crippen LogP contribution in [0.4, 0.5) is 0 Å². The Kier molecular flexibility index (Phi) is 3.48. The first-order valence-corrected chi connectivity index (χ1v) is 8.00. The van der Waals surface area contributed by atoms with Gasteiger partial charge in [0.1, 0.15) is 0 Å². The molecule has 3 aliphatic heterocycles. The third-order valence-electron chi connectivity index (χ3n) is 4.53. The minimum atomic E-state index is -0.553. The van der Waals surface area contributed by atoms with Gasteiger partial charge in [0, 0.05) is 36.5 Å². The van der Waals surface area contributed by atoms with Gasteiger partial charge in [-0.25, -0.2) is 4.79 Å². The van der Waals surface area contributed by atoms with Crippen molar-refractivity contribution in [2.45, 2.75) is 38.4 Å². The highest BCUT2D eigenvalue weighted by molar-refractivity contribution is 6.01. The summed E-state index contributed by atoms with van der Waals surface area (Å²) in [4.78, 5) is 42.0. The van der Waals surface area contributed by atoms with Crippen LogP contribution in [-0.2, 0) is 25.9 Å². The molecule has 0 aliphatic carbocycles. The van der Waals surface area contributed by atoms with Gasteiger partial charge in [0.2, 0.25) is 0 Å². The SMILES string of the molecule is O=C(CCC1C=CC2=Cc3cccn3CN21)ON1C(=O)CCC1=O. The molecule has 1 aromatic heterocycles. The molecule has 0 radical (unpaired) electrons. The number of allylic oxidation sites excluding steroid dienone is 1. The quantitative estimate of drug-likeness (QED) is 0.782. The normalized spacial score (nSPS) is 21.8. The molecule has 24 heavy (non-hydrogen) atoms. The molecule has 1 aromatic rings. The molecule has 7 nitrogen and oxygen atoms in total. The minimum Gasteiger partial charge on any atom is -0.347 e. The van der Waals surface area contributed by atoms with Gasteiger partial charge in [-0.15, -0.1) is 5.06 Å². The zero-order chi connectivity index (χ0) is 16.7. The van der Waals surface area contributed by atoms with Crippen LogP contribution in [0.15, 0.2) is 36.2 Å². The summed E-state index contributed by atoms with van der Waals surface area (Å²) in [6, 6.07) is 4.17. The van der Waals surface area contributed by atoms with E-state index in [4.69, 9.17) is 4.84 Å². The average molecular weight is 327 g/mol. The first kappa shape index (κ1) is 14.7. The molecule has 1 fully saturated rings. The number of imide groups is 1. The zero-order valence-corrected chi connectivity index (χ0v) is 13.1. The van der Waals surface area contributed by atoms with Crippen molar-refractivity contribution in [3.05, 3.63) is 41.9 Å². The number of amides is 2. The van der Waals surface area contributed by atoms with Crippen LogP contribution in [0, 0.1) is 0 Å². The number of carbonyl (C=O) groups excluding carboxylic acids is 3. The van der Waals surface area contributed by atoms with E-state index in [9.17, 15) is 14.4 Å². The maximum atomic E-state index is 11.9. The Bertz CT molecular complexity index is 761. The largest absolute Gasteiger partial charge is 0.347 e. The predicted octanol–water partition coefficient (Wildman–Crippen LogP) is 1.43. The third kappa shape index (κ3) is 2.51. The second-order valence-electron chi connectivity index (χ2n) is 6.09. The Hall–Kier alpha value is -2.83. The number of nitrogens with zero attached hydrogens (tertiary/aromatic N) is 3. The van der Waals surface area contributed by atoms with Crippen LogP contribution in [0.2, 0.25) is 0 Å². The van der Waals surface area contributed by atoms with E-state index in [1.54, 1.807) is 0 Å². The summed E-state index contributed by atoms with van der Waals surface area (Å²) in [6.07, 6.45) is 9.19. The second kappa shape index (κ2) is 5.67. The molecule has 3 aliphatic rings. The summed E-state index contributed by atoms with van der Waals surface area (Å²) in [5.74, 6) is -1.45. The van der Waals surface area contributed by atoms with Crippen LogP contribution in [0.3, 0.4) is 0 Å². The van der Waals surface area contributed by atoms with Gasteiger partial charge >= 0.3 is 5.97 Å². The monoisotopic (exact) mass is 327 g/mol. The maximum absolute atomic E-state index is 11.9. The molecule has 4 rings (SSSR count). The standard InChI is InChI=1S/C17H17N3O4/c21-15-6-7-16(22)20(15)24-17(23)8-5-12-3-4-14-10-13-2-1-9-18(13)11-19(12)14/h1-4,9-10,12H,5-8,11H2. The fourth-order valence-corrected chi connectivity index (χ4v) is 3.24. The van der Waals surface area contributed by atoms with Gasteiger partial charge in [-0.3, -0.25) is 9.59 Å². The van der Waals surface area contributed by atoms with E-state index in [-0.39, 0.29) is 25.3 Å². The van der Waals surface area contributed by atoms with Gasteiger partial charge in [-0.05, 0) is 30.7 Å². The Morgan fingerprint density at radius 2 is 2.04 bits per heavy atom. The molecule has 0 bridgehead atoms. The Morgan fingerprint density at radius 3 is 2.83 bits per heavy atom.